The summed E-state index contributed by atoms with van der Waals surface area (Å²) in [6, 6.07) is 6.29. The molecule has 0 spiro atoms. The van der Waals surface area contributed by atoms with Crippen LogP contribution in [-0.2, 0) is 0 Å². The molecule has 1 aromatic rings. The third-order valence-corrected chi connectivity index (χ3v) is 2.86. The van der Waals surface area contributed by atoms with Crippen LogP contribution >= 0.6 is 0 Å². The molecule has 0 heterocycles. The Hall–Kier alpha value is -1.22. The summed E-state index contributed by atoms with van der Waals surface area (Å²) in [4.78, 5) is 0. The number of aryl methyl sites for hydroxylation is 1. The van der Waals surface area contributed by atoms with Gasteiger partial charge in [-0.15, -0.1) is 0 Å². The Morgan fingerprint density at radius 3 is 2.53 bits per heavy atom. The van der Waals surface area contributed by atoms with Gasteiger partial charge in [0.25, 0.3) is 0 Å². The fourth-order valence-electron chi connectivity index (χ4n) is 1.66. The molecule has 17 heavy (non-hydrogen) atoms. The lowest BCUT2D eigenvalue weighted by Gasteiger charge is -2.23. The molecule has 96 valence electrons. The minimum atomic E-state index is 0.103. The molecular formula is C14H23NO2. The zero-order valence-corrected chi connectivity index (χ0v) is 11.4. The third kappa shape index (κ3) is 3.93. The minimum absolute atomic E-state index is 0.103. The molecule has 3 heteroatoms. The van der Waals surface area contributed by atoms with E-state index in [4.69, 9.17) is 9.47 Å². The largest absolute Gasteiger partial charge is 0.493 e. The van der Waals surface area contributed by atoms with Crippen LogP contribution < -0.4 is 14.8 Å². The molecule has 0 fully saturated rings. The zero-order chi connectivity index (χ0) is 12.8. The van der Waals surface area contributed by atoms with Gasteiger partial charge in [0.1, 0.15) is 6.10 Å². The van der Waals surface area contributed by atoms with Gasteiger partial charge in [-0.05, 0) is 45.0 Å². The molecule has 0 bridgehead atoms. The van der Waals surface area contributed by atoms with Gasteiger partial charge in [0, 0.05) is 6.04 Å². The second kappa shape index (κ2) is 6.50. The van der Waals surface area contributed by atoms with E-state index in [0.29, 0.717) is 6.04 Å². The molecule has 0 amide bonds. The first-order valence-electron chi connectivity index (χ1n) is 6.13. The van der Waals surface area contributed by atoms with E-state index in [2.05, 4.69) is 26.1 Å². The van der Waals surface area contributed by atoms with Crippen LogP contribution in [0.1, 0.15) is 26.3 Å². The molecule has 0 aromatic heterocycles. The highest BCUT2D eigenvalue weighted by molar-refractivity contribution is 5.42. The van der Waals surface area contributed by atoms with Crippen molar-refractivity contribution in [1.82, 2.24) is 5.32 Å². The minimum Gasteiger partial charge on any atom is -0.493 e. The van der Waals surface area contributed by atoms with Gasteiger partial charge in [0.05, 0.1) is 7.11 Å². The lowest BCUT2D eigenvalue weighted by atomic mass is 10.2. The van der Waals surface area contributed by atoms with Crippen molar-refractivity contribution < 1.29 is 9.47 Å². The smallest absolute Gasteiger partial charge is 0.161 e. The molecule has 1 rings (SSSR count). The molecule has 2 atom stereocenters. The molecule has 0 radical (unpaired) electrons. The average molecular weight is 237 g/mol. The SMILES string of the molecule is CCNC(C)C(C)Oc1ccc(C)cc1OC. The summed E-state index contributed by atoms with van der Waals surface area (Å²) in [5, 5.41) is 3.35. The van der Waals surface area contributed by atoms with Crippen LogP contribution in [0.3, 0.4) is 0 Å². The normalized spacial score (nSPS) is 14.2. The van der Waals surface area contributed by atoms with E-state index in [0.717, 1.165) is 18.0 Å². The first-order chi connectivity index (χ1) is 8.08. The van der Waals surface area contributed by atoms with Crippen LogP contribution in [0.2, 0.25) is 0 Å². The number of benzene rings is 1. The number of nitrogens with one attached hydrogen (secondary N) is 1. The van der Waals surface area contributed by atoms with E-state index in [1.807, 2.05) is 25.1 Å². The quantitative estimate of drug-likeness (QED) is 0.825. The highest BCUT2D eigenvalue weighted by Gasteiger charge is 2.14. The van der Waals surface area contributed by atoms with E-state index in [-0.39, 0.29) is 6.10 Å². The Morgan fingerprint density at radius 2 is 1.94 bits per heavy atom. The van der Waals surface area contributed by atoms with E-state index < -0.39 is 0 Å². The second-order valence-corrected chi connectivity index (χ2v) is 4.32. The van der Waals surface area contributed by atoms with Crippen LogP contribution in [0.15, 0.2) is 18.2 Å². The predicted molar refractivity (Wildman–Crippen MR) is 71.0 cm³/mol. The lowest BCUT2D eigenvalue weighted by molar-refractivity contribution is 0.172. The van der Waals surface area contributed by atoms with Gasteiger partial charge in [-0.3, -0.25) is 0 Å². The van der Waals surface area contributed by atoms with Crippen molar-refractivity contribution in [3.05, 3.63) is 23.8 Å². The summed E-state index contributed by atoms with van der Waals surface area (Å²) < 4.78 is 11.2. The van der Waals surface area contributed by atoms with Gasteiger partial charge in [0.15, 0.2) is 11.5 Å². The van der Waals surface area contributed by atoms with Crippen molar-refractivity contribution in [2.24, 2.45) is 0 Å². The predicted octanol–water partition coefficient (Wildman–Crippen LogP) is 2.77. The van der Waals surface area contributed by atoms with Crippen molar-refractivity contribution in [3.63, 3.8) is 0 Å². The molecule has 2 unspecified atom stereocenters. The number of methoxy groups -OCH3 is 1. The first kappa shape index (κ1) is 13.8. The summed E-state index contributed by atoms with van der Waals surface area (Å²) in [6.07, 6.45) is 0.103. The Kier molecular flexibility index (Phi) is 5.29. The fraction of sp³-hybridized carbons (Fsp3) is 0.571. The maximum absolute atomic E-state index is 5.92. The number of hydrogen-bond donors (Lipinski definition) is 1. The molecule has 1 N–H and O–H groups in total. The number of hydrogen-bond acceptors (Lipinski definition) is 3. The monoisotopic (exact) mass is 237 g/mol. The van der Waals surface area contributed by atoms with Gasteiger partial charge in [-0.1, -0.05) is 13.0 Å². The van der Waals surface area contributed by atoms with Crippen LogP contribution in [0.5, 0.6) is 11.5 Å². The average Bonchev–Trinajstić information content (AvgIpc) is 2.31. The van der Waals surface area contributed by atoms with E-state index in [1.165, 1.54) is 5.56 Å². The molecule has 0 aliphatic carbocycles. The lowest BCUT2D eigenvalue weighted by Crippen LogP contribution is -2.38. The zero-order valence-electron chi connectivity index (χ0n) is 11.4. The first-order valence-corrected chi connectivity index (χ1v) is 6.13. The van der Waals surface area contributed by atoms with Crippen LogP contribution in [-0.4, -0.2) is 25.8 Å². The van der Waals surface area contributed by atoms with Crippen LogP contribution in [0, 0.1) is 6.92 Å². The standard InChI is InChI=1S/C14H23NO2/c1-6-15-11(3)12(4)17-13-8-7-10(2)9-14(13)16-5/h7-9,11-12,15H,6H2,1-5H3. The second-order valence-electron chi connectivity index (χ2n) is 4.32. The maximum atomic E-state index is 5.92. The molecule has 0 saturated carbocycles. The van der Waals surface area contributed by atoms with Gasteiger partial charge < -0.3 is 14.8 Å². The Balaban J connectivity index is 2.73. The molecule has 0 aliphatic heterocycles. The number of rotatable bonds is 6. The molecule has 1 aromatic carbocycles. The fourth-order valence-corrected chi connectivity index (χ4v) is 1.66. The van der Waals surface area contributed by atoms with E-state index >= 15 is 0 Å². The summed E-state index contributed by atoms with van der Waals surface area (Å²) in [7, 11) is 1.67. The van der Waals surface area contributed by atoms with E-state index in [9.17, 15) is 0 Å². The van der Waals surface area contributed by atoms with Gasteiger partial charge in [0.2, 0.25) is 0 Å². The van der Waals surface area contributed by atoms with Crippen LogP contribution in [0.25, 0.3) is 0 Å². The highest BCUT2D eigenvalue weighted by Crippen LogP contribution is 2.28. The van der Waals surface area contributed by atoms with Crippen LogP contribution in [0.4, 0.5) is 0 Å². The van der Waals surface area contributed by atoms with Crippen molar-refractivity contribution in [2.75, 3.05) is 13.7 Å². The maximum Gasteiger partial charge on any atom is 0.161 e. The summed E-state index contributed by atoms with van der Waals surface area (Å²) in [5.74, 6) is 1.59. The third-order valence-electron chi connectivity index (χ3n) is 2.86. The number of ether oxygens (including phenoxy) is 2. The van der Waals surface area contributed by atoms with E-state index in [1.54, 1.807) is 7.11 Å². The molecule has 0 aliphatic rings. The van der Waals surface area contributed by atoms with Crippen molar-refractivity contribution in [2.45, 2.75) is 39.8 Å². The van der Waals surface area contributed by atoms with Gasteiger partial charge in [-0.2, -0.15) is 0 Å². The summed E-state index contributed by atoms with van der Waals surface area (Å²) in [5.41, 5.74) is 1.17. The summed E-state index contributed by atoms with van der Waals surface area (Å²) >= 11 is 0. The molecule has 3 nitrogen and oxygen atoms in total. The van der Waals surface area contributed by atoms with Crippen molar-refractivity contribution in [1.29, 1.82) is 0 Å². The Labute approximate surface area is 104 Å². The van der Waals surface area contributed by atoms with Crippen molar-refractivity contribution >= 4 is 0 Å². The molecular weight excluding hydrogens is 214 g/mol. The van der Waals surface area contributed by atoms with Crippen molar-refractivity contribution in [3.8, 4) is 11.5 Å². The summed E-state index contributed by atoms with van der Waals surface area (Å²) in [6.45, 7) is 9.26. The van der Waals surface area contributed by atoms with Gasteiger partial charge in [-0.25, -0.2) is 0 Å². The topological polar surface area (TPSA) is 30.5 Å². The highest BCUT2D eigenvalue weighted by atomic mass is 16.5. The van der Waals surface area contributed by atoms with Gasteiger partial charge >= 0.3 is 0 Å². The Bertz CT molecular complexity index is 352. The number of likely N-dealkylation sites (N-methyl/N-ethyl adjacent to an activating group) is 1. The molecule has 0 saturated heterocycles. The Morgan fingerprint density at radius 1 is 1.24 bits per heavy atom.